The molecule has 0 radical (unpaired) electrons. The molecule has 0 aliphatic heterocycles. The molecule has 0 saturated carbocycles. The van der Waals surface area contributed by atoms with Gasteiger partial charge in [-0.1, -0.05) is 13.8 Å². The Kier molecular flexibility index (Phi) is 3.40. The van der Waals surface area contributed by atoms with Crippen LogP contribution in [-0.2, 0) is 14.3 Å². The van der Waals surface area contributed by atoms with Gasteiger partial charge in [0.1, 0.15) is 0 Å². The maximum absolute atomic E-state index is 10.5. The van der Waals surface area contributed by atoms with Gasteiger partial charge in [0.05, 0.1) is 5.92 Å². The van der Waals surface area contributed by atoms with Crippen molar-refractivity contribution in [2.24, 2.45) is 5.92 Å². The highest BCUT2D eigenvalue weighted by atomic mass is 16.5. The molecular formula is C6H8O3. The average molecular weight is 128 g/mol. The van der Waals surface area contributed by atoms with Crippen molar-refractivity contribution in [3.63, 3.8) is 0 Å². The minimum absolute atomic E-state index is 0.199. The second kappa shape index (κ2) is 3.87. The van der Waals surface area contributed by atoms with Gasteiger partial charge in [-0.05, 0) is 0 Å². The molecule has 0 amide bonds. The molecule has 3 heteroatoms. The van der Waals surface area contributed by atoms with Crippen LogP contribution >= 0.6 is 0 Å². The van der Waals surface area contributed by atoms with Gasteiger partial charge in [0, 0.05) is 0 Å². The molecule has 0 aliphatic rings. The molecule has 0 rings (SSSR count). The van der Waals surface area contributed by atoms with Gasteiger partial charge >= 0.3 is 5.97 Å². The van der Waals surface area contributed by atoms with E-state index in [1.807, 2.05) is 0 Å². The summed E-state index contributed by atoms with van der Waals surface area (Å²) in [5.41, 5.74) is 0. The first-order valence-electron chi connectivity index (χ1n) is 2.58. The van der Waals surface area contributed by atoms with Crippen LogP contribution in [0.5, 0.6) is 0 Å². The monoisotopic (exact) mass is 128 g/mol. The standard InChI is InChI=1S/C6H8O3/c1-5(2)6(8)9-4-3-7/h4-5H,1-2H3. The molecule has 0 spiro atoms. The van der Waals surface area contributed by atoms with Gasteiger partial charge in [-0.15, -0.1) is 0 Å². The molecule has 50 valence electrons. The Morgan fingerprint density at radius 2 is 2.22 bits per heavy atom. The van der Waals surface area contributed by atoms with Crippen LogP contribution in [0.4, 0.5) is 0 Å². The normalized spacial score (nSPS) is 8.33. The summed E-state index contributed by atoms with van der Waals surface area (Å²) >= 11 is 0. The zero-order valence-electron chi connectivity index (χ0n) is 5.38. The van der Waals surface area contributed by atoms with E-state index in [9.17, 15) is 9.59 Å². The summed E-state index contributed by atoms with van der Waals surface area (Å²) in [6.07, 6.45) is 0.711. The third kappa shape index (κ3) is 3.50. The van der Waals surface area contributed by atoms with Crippen molar-refractivity contribution in [1.82, 2.24) is 0 Å². The SMILES string of the molecule is CC(C)C(=O)OC=C=O. The summed E-state index contributed by atoms with van der Waals surface area (Å²) in [4.78, 5) is 19.9. The molecular weight excluding hydrogens is 120 g/mol. The predicted molar refractivity (Wildman–Crippen MR) is 31.2 cm³/mol. The Labute approximate surface area is 53.3 Å². The third-order valence-corrected chi connectivity index (χ3v) is 0.695. The van der Waals surface area contributed by atoms with E-state index in [0.29, 0.717) is 6.26 Å². The Morgan fingerprint density at radius 3 is 2.56 bits per heavy atom. The molecule has 9 heavy (non-hydrogen) atoms. The molecule has 0 heterocycles. The van der Waals surface area contributed by atoms with E-state index in [-0.39, 0.29) is 5.92 Å². The smallest absolute Gasteiger partial charge is 0.313 e. The number of hydrogen-bond acceptors (Lipinski definition) is 3. The van der Waals surface area contributed by atoms with Crippen LogP contribution in [-0.4, -0.2) is 11.9 Å². The summed E-state index contributed by atoms with van der Waals surface area (Å²) in [6, 6.07) is 0. The minimum atomic E-state index is -0.418. The zero-order valence-corrected chi connectivity index (χ0v) is 5.38. The van der Waals surface area contributed by atoms with Crippen molar-refractivity contribution in [2.45, 2.75) is 13.8 Å². The molecule has 0 fully saturated rings. The Hall–Kier alpha value is -1.08. The van der Waals surface area contributed by atoms with Crippen LogP contribution in [0.1, 0.15) is 13.8 Å². The largest absolute Gasteiger partial charge is 0.422 e. The average Bonchev–Trinajstić information content (AvgIpc) is 1.82. The number of carbonyl (C=O) groups is 1. The molecule has 0 bridgehead atoms. The highest BCUT2D eigenvalue weighted by Crippen LogP contribution is 1.94. The van der Waals surface area contributed by atoms with Crippen molar-refractivity contribution in [2.75, 3.05) is 0 Å². The number of carbonyl (C=O) groups excluding carboxylic acids is 2. The Balaban J connectivity index is 3.64. The van der Waals surface area contributed by atoms with Gasteiger partial charge in [0.2, 0.25) is 0 Å². The highest BCUT2D eigenvalue weighted by Gasteiger charge is 2.05. The number of hydrogen-bond donors (Lipinski definition) is 0. The van der Waals surface area contributed by atoms with Gasteiger partial charge < -0.3 is 4.74 Å². The summed E-state index contributed by atoms with van der Waals surface area (Å²) in [6.45, 7) is 3.36. The fraction of sp³-hybridized carbons (Fsp3) is 0.500. The van der Waals surface area contributed by atoms with Crippen LogP contribution in [0.15, 0.2) is 6.26 Å². The van der Waals surface area contributed by atoms with Crippen molar-refractivity contribution in [3.05, 3.63) is 6.26 Å². The molecule has 0 aromatic heterocycles. The second-order valence-corrected chi connectivity index (χ2v) is 1.83. The Morgan fingerprint density at radius 1 is 1.67 bits per heavy atom. The Bertz CT molecular complexity index is 142. The summed E-state index contributed by atoms with van der Waals surface area (Å²) in [5, 5.41) is 0. The fourth-order valence-electron chi connectivity index (χ4n) is 0.218. The van der Waals surface area contributed by atoms with Gasteiger partial charge in [0.25, 0.3) is 0 Å². The van der Waals surface area contributed by atoms with E-state index < -0.39 is 5.97 Å². The van der Waals surface area contributed by atoms with E-state index >= 15 is 0 Å². The number of ether oxygens (including phenoxy) is 1. The topological polar surface area (TPSA) is 43.4 Å². The maximum Gasteiger partial charge on any atom is 0.313 e. The first-order chi connectivity index (χ1) is 4.18. The van der Waals surface area contributed by atoms with Crippen LogP contribution in [0.3, 0.4) is 0 Å². The van der Waals surface area contributed by atoms with Crippen LogP contribution in [0.25, 0.3) is 0 Å². The maximum atomic E-state index is 10.5. The highest BCUT2D eigenvalue weighted by molar-refractivity contribution is 5.73. The second-order valence-electron chi connectivity index (χ2n) is 1.83. The van der Waals surface area contributed by atoms with Crippen LogP contribution in [0, 0.1) is 5.92 Å². The number of esters is 1. The molecule has 0 aromatic rings. The summed E-state index contributed by atoms with van der Waals surface area (Å²) in [7, 11) is 0. The lowest BCUT2D eigenvalue weighted by molar-refractivity contribution is -0.141. The van der Waals surface area contributed by atoms with E-state index in [0.717, 1.165) is 0 Å². The molecule has 0 aromatic carbocycles. The molecule has 3 nitrogen and oxygen atoms in total. The molecule has 0 saturated heterocycles. The zero-order chi connectivity index (χ0) is 7.28. The van der Waals surface area contributed by atoms with Gasteiger partial charge in [-0.25, -0.2) is 4.79 Å². The fourth-order valence-corrected chi connectivity index (χ4v) is 0.218. The predicted octanol–water partition coefficient (Wildman–Crippen LogP) is 0.531. The molecule has 0 atom stereocenters. The van der Waals surface area contributed by atoms with Crippen molar-refractivity contribution in [3.8, 4) is 0 Å². The van der Waals surface area contributed by atoms with Gasteiger partial charge in [-0.2, -0.15) is 0 Å². The summed E-state index contributed by atoms with van der Waals surface area (Å²) in [5.74, 6) is 0.718. The number of rotatable bonds is 2. The van der Waals surface area contributed by atoms with E-state index in [2.05, 4.69) is 4.74 Å². The lowest BCUT2D eigenvalue weighted by Crippen LogP contribution is -2.07. The van der Waals surface area contributed by atoms with Crippen molar-refractivity contribution < 1.29 is 14.3 Å². The van der Waals surface area contributed by atoms with Crippen LogP contribution in [0.2, 0.25) is 0 Å². The summed E-state index contributed by atoms with van der Waals surface area (Å²) < 4.78 is 4.27. The quantitative estimate of drug-likeness (QED) is 0.309. The molecule has 0 unspecified atom stereocenters. The van der Waals surface area contributed by atoms with Crippen LogP contribution < -0.4 is 0 Å². The van der Waals surface area contributed by atoms with Crippen molar-refractivity contribution in [1.29, 1.82) is 0 Å². The lowest BCUT2D eigenvalue weighted by atomic mass is 10.2. The lowest BCUT2D eigenvalue weighted by Gasteiger charge is -1.97. The van der Waals surface area contributed by atoms with Gasteiger partial charge in [-0.3, -0.25) is 4.79 Å². The van der Waals surface area contributed by atoms with E-state index in [1.54, 1.807) is 13.8 Å². The third-order valence-electron chi connectivity index (χ3n) is 0.695. The van der Waals surface area contributed by atoms with E-state index in [4.69, 9.17) is 0 Å². The van der Waals surface area contributed by atoms with Gasteiger partial charge in [0.15, 0.2) is 12.2 Å². The minimum Gasteiger partial charge on any atom is -0.422 e. The first kappa shape index (κ1) is 7.92. The van der Waals surface area contributed by atoms with E-state index in [1.165, 1.54) is 5.94 Å². The van der Waals surface area contributed by atoms with Crippen molar-refractivity contribution >= 4 is 11.9 Å². The first-order valence-corrected chi connectivity index (χ1v) is 2.58. The molecule has 0 N–H and O–H groups in total. The molecule has 0 aliphatic carbocycles.